The number of hydrogen-bond acceptors (Lipinski definition) is 5. The van der Waals surface area contributed by atoms with Gasteiger partial charge in [0.25, 0.3) is 5.91 Å². The largest absolute Gasteiger partial charge is 0.489 e. The van der Waals surface area contributed by atoms with Gasteiger partial charge in [0.05, 0.1) is 5.92 Å². The van der Waals surface area contributed by atoms with E-state index in [0.717, 1.165) is 30.4 Å². The Morgan fingerprint density at radius 2 is 1.63 bits per heavy atom. The Kier molecular flexibility index (Phi) is 7.82. The molecule has 160 valence electrons. The van der Waals surface area contributed by atoms with Gasteiger partial charge >= 0.3 is 0 Å². The molecule has 7 heteroatoms. The highest BCUT2D eigenvalue weighted by Gasteiger charge is 2.35. The predicted octanol–water partition coefficient (Wildman–Crippen LogP) is 2.30. The fourth-order valence-electron chi connectivity index (χ4n) is 3.65. The van der Waals surface area contributed by atoms with E-state index in [4.69, 9.17) is 9.94 Å². The Balaban J connectivity index is 1.66. The summed E-state index contributed by atoms with van der Waals surface area (Å²) < 4.78 is 5.78. The maximum Gasteiger partial charge on any atom is 0.272 e. The van der Waals surface area contributed by atoms with Crippen molar-refractivity contribution in [2.45, 2.75) is 38.4 Å². The summed E-state index contributed by atoms with van der Waals surface area (Å²) in [5, 5.41) is 19.3. The number of rotatable bonds is 8. The Labute approximate surface area is 176 Å². The van der Waals surface area contributed by atoms with Gasteiger partial charge in [-0.3, -0.25) is 14.8 Å². The molecule has 2 atom stereocenters. The summed E-state index contributed by atoms with van der Waals surface area (Å²) in [4.78, 5) is 26.5. The highest BCUT2D eigenvalue weighted by molar-refractivity contribution is 5.89. The molecule has 0 aromatic heterocycles. The fraction of sp³-hybridized carbons (Fsp3) is 0.391. The maximum atomic E-state index is 13.0. The van der Waals surface area contributed by atoms with Crippen molar-refractivity contribution in [2.75, 3.05) is 13.1 Å². The number of nitrogens with zero attached hydrogens (tertiary/aromatic N) is 1. The number of nitrogens with one attached hydrogen (secondary N) is 1. The first-order valence-corrected chi connectivity index (χ1v) is 10.2. The summed E-state index contributed by atoms with van der Waals surface area (Å²) >= 11 is 0. The fourth-order valence-corrected chi connectivity index (χ4v) is 3.65. The molecule has 0 radical (unpaired) electrons. The van der Waals surface area contributed by atoms with E-state index in [2.05, 4.69) is 0 Å². The van der Waals surface area contributed by atoms with E-state index in [1.54, 1.807) is 17.0 Å². The van der Waals surface area contributed by atoms with Crippen LogP contribution in [0.1, 0.15) is 30.4 Å². The van der Waals surface area contributed by atoms with E-state index >= 15 is 0 Å². The van der Waals surface area contributed by atoms with Crippen molar-refractivity contribution in [2.24, 2.45) is 5.92 Å². The summed E-state index contributed by atoms with van der Waals surface area (Å²) in [6.07, 6.45) is 1.45. The lowest BCUT2D eigenvalue weighted by molar-refractivity contribution is -0.150. The summed E-state index contributed by atoms with van der Waals surface area (Å²) in [5.74, 6) is -1.52. The summed E-state index contributed by atoms with van der Waals surface area (Å²) in [5.41, 5.74) is 3.31. The van der Waals surface area contributed by atoms with Crippen LogP contribution in [-0.4, -0.2) is 46.2 Å². The highest BCUT2D eigenvalue weighted by atomic mass is 16.5. The Morgan fingerprint density at radius 3 is 2.27 bits per heavy atom. The number of aliphatic hydroxyl groups is 1. The van der Waals surface area contributed by atoms with Crippen LogP contribution >= 0.6 is 0 Å². The third-order valence-electron chi connectivity index (χ3n) is 5.37. The Bertz CT molecular complexity index is 819. The van der Waals surface area contributed by atoms with Crippen molar-refractivity contribution in [1.29, 1.82) is 0 Å². The molecule has 7 nitrogen and oxygen atoms in total. The maximum absolute atomic E-state index is 13.0. The minimum absolute atomic E-state index is 0.183. The van der Waals surface area contributed by atoms with Crippen LogP contribution in [-0.2, 0) is 22.6 Å². The van der Waals surface area contributed by atoms with E-state index in [1.807, 2.05) is 42.5 Å². The van der Waals surface area contributed by atoms with Gasteiger partial charge in [-0.05, 0) is 48.9 Å². The van der Waals surface area contributed by atoms with Crippen molar-refractivity contribution in [3.05, 3.63) is 65.7 Å². The van der Waals surface area contributed by atoms with Gasteiger partial charge in [0, 0.05) is 13.1 Å². The number of piperidine rings is 1. The van der Waals surface area contributed by atoms with Gasteiger partial charge in [0.1, 0.15) is 18.5 Å². The number of carbonyl (C=O) groups is 2. The first kappa shape index (κ1) is 21.8. The number of aliphatic hydroxyl groups excluding tert-OH is 1. The number of hydrogen-bond donors (Lipinski definition) is 3. The lowest BCUT2D eigenvalue weighted by atomic mass is 9.91. The third-order valence-corrected chi connectivity index (χ3v) is 5.37. The zero-order valence-electron chi connectivity index (χ0n) is 16.9. The topological polar surface area (TPSA) is 99.1 Å². The van der Waals surface area contributed by atoms with E-state index in [0.29, 0.717) is 25.4 Å². The van der Waals surface area contributed by atoms with Gasteiger partial charge in [-0.2, -0.15) is 0 Å². The molecule has 0 bridgehead atoms. The van der Waals surface area contributed by atoms with E-state index < -0.39 is 17.9 Å². The summed E-state index contributed by atoms with van der Waals surface area (Å²) in [6, 6.07) is 17.1. The molecule has 3 N–H and O–H groups in total. The van der Waals surface area contributed by atoms with Gasteiger partial charge < -0.3 is 14.7 Å². The van der Waals surface area contributed by atoms with Crippen molar-refractivity contribution in [3.63, 3.8) is 0 Å². The molecule has 1 aliphatic rings. The number of hydroxylamine groups is 1. The molecule has 1 aliphatic heterocycles. The lowest BCUT2D eigenvalue weighted by Gasteiger charge is -2.31. The number of carbonyl (C=O) groups excluding carboxylic acids is 2. The molecule has 30 heavy (non-hydrogen) atoms. The molecule has 3 rings (SSSR count). The van der Waals surface area contributed by atoms with E-state index in [-0.39, 0.29) is 12.3 Å². The van der Waals surface area contributed by atoms with Gasteiger partial charge in [-0.25, -0.2) is 5.48 Å². The second kappa shape index (κ2) is 10.8. The first-order valence-electron chi connectivity index (χ1n) is 10.2. The minimum atomic E-state index is -1.63. The van der Waals surface area contributed by atoms with Crippen molar-refractivity contribution >= 4 is 11.8 Å². The molecule has 0 saturated carbocycles. The number of ether oxygens (including phenoxy) is 1. The van der Waals surface area contributed by atoms with E-state index in [1.165, 1.54) is 5.48 Å². The van der Waals surface area contributed by atoms with Crippen LogP contribution in [0, 0.1) is 5.92 Å². The standard InChI is InChI=1S/C23H28N2O5/c26-21(22(27)24-29)20(23(28)25-13-5-2-6-14-25)15-17-9-11-19(12-10-17)30-16-18-7-3-1-4-8-18/h1,3-4,7-12,20-21,26,29H,2,5-6,13-16H2,(H,24,27)/t20-,21+/m1/s1. The van der Waals surface area contributed by atoms with E-state index in [9.17, 15) is 14.7 Å². The van der Waals surface area contributed by atoms with Crippen LogP contribution in [0.25, 0.3) is 0 Å². The van der Waals surface area contributed by atoms with Crippen LogP contribution < -0.4 is 10.2 Å². The highest BCUT2D eigenvalue weighted by Crippen LogP contribution is 2.22. The number of benzene rings is 2. The summed E-state index contributed by atoms with van der Waals surface area (Å²) in [6.45, 7) is 1.69. The third kappa shape index (κ3) is 5.81. The molecule has 0 aliphatic carbocycles. The molecular formula is C23H28N2O5. The average molecular weight is 412 g/mol. The molecule has 2 amide bonds. The molecule has 1 heterocycles. The molecule has 2 aromatic rings. The zero-order chi connectivity index (χ0) is 21.3. The Morgan fingerprint density at radius 1 is 0.967 bits per heavy atom. The molecule has 1 saturated heterocycles. The minimum Gasteiger partial charge on any atom is -0.489 e. The van der Waals surface area contributed by atoms with Gasteiger partial charge in [0.15, 0.2) is 0 Å². The Hall–Kier alpha value is -2.90. The normalized spacial score (nSPS) is 15.9. The van der Waals surface area contributed by atoms with Crippen LogP contribution in [0.3, 0.4) is 0 Å². The lowest BCUT2D eigenvalue weighted by Crippen LogP contribution is -2.48. The molecule has 0 spiro atoms. The van der Waals surface area contributed by atoms with Crippen LogP contribution in [0.4, 0.5) is 0 Å². The average Bonchev–Trinajstić information content (AvgIpc) is 2.81. The van der Waals surface area contributed by atoms with Crippen LogP contribution in [0.15, 0.2) is 54.6 Å². The quantitative estimate of drug-likeness (QED) is 0.456. The molecule has 1 fully saturated rings. The molecule has 0 unspecified atom stereocenters. The van der Waals surface area contributed by atoms with Crippen molar-refractivity contribution < 1.29 is 24.6 Å². The van der Waals surface area contributed by atoms with Gasteiger partial charge in [0.2, 0.25) is 5.91 Å². The zero-order valence-corrected chi connectivity index (χ0v) is 16.9. The van der Waals surface area contributed by atoms with Gasteiger partial charge in [-0.15, -0.1) is 0 Å². The van der Waals surface area contributed by atoms with Crippen LogP contribution in [0.2, 0.25) is 0 Å². The molecular weight excluding hydrogens is 384 g/mol. The monoisotopic (exact) mass is 412 g/mol. The smallest absolute Gasteiger partial charge is 0.272 e. The number of amides is 2. The molecule has 2 aromatic carbocycles. The van der Waals surface area contributed by atoms with Crippen molar-refractivity contribution in [1.82, 2.24) is 10.4 Å². The number of likely N-dealkylation sites (tertiary alicyclic amines) is 1. The first-order chi connectivity index (χ1) is 14.6. The van der Waals surface area contributed by atoms with Crippen molar-refractivity contribution in [3.8, 4) is 5.75 Å². The van der Waals surface area contributed by atoms with Crippen LogP contribution in [0.5, 0.6) is 5.75 Å². The second-order valence-electron chi connectivity index (χ2n) is 7.54. The SMILES string of the molecule is O=C(NO)[C@@H](O)[C@@H](Cc1ccc(OCc2ccccc2)cc1)C(=O)N1CCCCC1. The predicted molar refractivity (Wildman–Crippen MR) is 111 cm³/mol. The second-order valence-corrected chi connectivity index (χ2v) is 7.54. The van der Waals surface area contributed by atoms with Gasteiger partial charge in [-0.1, -0.05) is 42.5 Å². The summed E-state index contributed by atoms with van der Waals surface area (Å²) in [7, 11) is 0.